The fraction of sp³-hybridized carbons (Fsp3) is 0.643. The van der Waals surface area contributed by atoms with Gasteiger partial charge in [-0.3, -0.25) is 9.80 Å². The second-order valence-electron chi connectivity index (χ2n) is 5.25. The summed E-state index contributed by atoms with van der Waals surface area (Å²) in [5.74, 6) is 0. The first-order valence-corrected chi connectivity index (χ1v) is 7.28. The molecule has 0 aromatic carbocycles. The molecular formula is C14H22ClN3O2. The predicted molar refractivity (Wildman–Crippen MR) is 78.8 cm³/mol. The zero-order chi connectivity index (χ0) is 14.4. The molecule has 1 fully saturated rings. The van der Waals surface area contributed by atoms with E-state index < -0.39 is 0 Å². The standard InChI is InChI=1S/C14H22ClN3O2/c1-17(9-12-2-3-14(15)16-8-12)10-13(19)11-18-4-6-20-7-5-18/h2-3,8,13,19H,4-7,9-11H2,1H3. The van der Waals surface area contributed by atoms with Crippen molar-refractivity contribution >= 4 is 11.6 Å². The number of hydrogen-bond donors (Lipinski definition) is 1. The van der Waals surface area contributed by atoms with Gasteiger partial charge in [0.15, 0.2) is 0 Å². The number of rotatable bonds is 6. The van der Waals surface area contributed by atoms with Crippen LogP contribution < -0.4 is 0 Å². The van der Waals surface area contributed by atoms with E-state index in [2.05, 4.69) is 14.8 Å². The Bertz CT molecular complexity index is 396. The summed E-state index contributed by atoms with van der Waals surface area (Å²) in [7, 11) is 2.00. The summed E-state index contributed by atoms with van der Waals surface area (Å²) in [6.07, 6.45) is 1.42. The lowest BCUT2D eigenvalue weighted by atomic mass is 10.2. The average Bonchev–Trinajstić information content (AvgIpc) is 2.42. The third-order valence-electron chi connectivity index (χ3n) is 3.34. The molecule has 0 radical (unpaired) electrons. The van der Waals surface area contributed by atoms with E-state index in [1.807, 2.05) is 13.1 Å². The fourth-order valence-corrected chi connectivity index (χ4v) is 2.49. The minimum Gasteiger partial charge on any atom is -0.390 e. The van der Waals surface area contributed by atoms with Crippen molar-refractivity contribution in [1.82, 2.24) is 14.8 Å². The van der Waals surface area contributed by atoms with Gasteiger partial charge in [-0.1, -0.05) is 17.7 Å². The van der Waals surface area contributed by atoms with E-state index >= 15 is 0 Å². The highest BCUT2D eigenvalue weighted by molar-refractivity contribution is 6.29. The zero-order valence-electron chi connectivity index (χ0n) is 11.8. The smallest absolute Gasteiger partial charge is 0.129 e. The Labute approximate surface area is 125 Å². The van der Waals surface area contributed by atoms with Gasteiger partial charge in [0.25, 0.3) is 0 Å². The molecule has 1 aliphatic rings. The summed E-state index contributed by atoms with van der Waals surface area (Å²) < 4.78 is 5.30. The lowest BCUT2D eigenvalue weighted by molar-refractivity contribution is 0.00825. The van der Waals surface area contributed by atoms with Crippen LogP contribution in [0.15, 0.2) is 18.3 Å². The van der Waals surface area contributed by atoms with Crippen molar-refractivity contribution in [3.05, 3.63) is 29.0 Å². The van der Waals surface area contributed by atoms with Gasteiger partial charge < -0.3 is 9.84 Å². The number of pyridine rings is 1. The van der Waals surface area contributed by atoms with Crippen molar-refractivity contribution in [2.24, 2.45) is 0 Å². The maximum atomic E-state index is 10.1. The molecule has 5 nitrogen and oxygen atoms in total. The van der Waals surface area contributed by atoms with Crippen LogP contribution in [0.3, 0.4) is 0 Å². The van der Waals surface area contributed by atoms with E-state index in [0.717, 1.165) is 38.4 Å². The van der Waals surface area contributed by atoms with Crippen LogP contribution in [0.1, 0.15) is 5.56 Å². The molecule has 0 spiro atoms. The Kier molecular flexibility index (Phi) is 6.19. The molecule has 1 N–H and O–H groups in total. The molecule has 6 heteroatoms. The molecule has 1 unspecified atom stereocenters. The minimum absolute atomic E-state index is 0.349. The van der Waals surface area contributed by atoms with Crippen LogP contribution in [0.25, 0.3) is 0 Å². The van der Waals surface area contributed by atoms with E-state index in [9.17, 15) is 5.11 Å². The van der Waals surface area contributed by atoms with Crippen LogP contribution in [0.5, 0.6) is 0 Å². The Hall–Kier alpha value is -0.720. The molecule has 2 heterocycles. The molecule has 1 saturated heterocycles. The van der Waals surface area contributed by atoms with Crippen LogP contribution >= 0.6 is 11.6 Å². The molecule has 1 aliphatic heterocycles. The van der Waals surface area contributed by atoms with Gasteiger partial charge in [-0.05, 0) is 18.7 Å². The van der Waals surface area contributed by atoms with E-state index in [4.69, 9.17) is 16.3 Å². The molecule has 112 valence electrons. The summed E-state index contributed by atoms with van der Waals surface area (Å²) >= 11 is 5.76. The molecule has 0 aliphatic carbocycles. The number of β-amino-alcohol motifs (C(OH)–C–C–N with tert-alkyl or cyclic N) is 1. The van der Waals surface area contributed by atoms with Gasteiger partial charge in [0.1, 0.15) is 5.15 Å². The highest BCUT2D eigenvalue weighted by Crippen LogP contribution is 2.08. The van der Waals surface area contributed by atoms with Crippen LogP contribution in [-0.2, 0) is 11.3 Å². The van der Waals surface area contributed by atoms with Gasteiger partial charge >= 0.3 is 0 Å². The number of hydrogen-bond acceptors (Lipinski definition) is 5. The van der Waals surface area contributed by atoms with Crippen molar-refractivity contribution in [2.75, 3.05) is 46.4 Å². The summed E-state index contributed by atoms with van der Waals surface area (Å²) in [5.41, 5.74) is 1.09. The van der Waals surface area contributed by atoms with Crippen molar-refractivity contribution < 1.29 is 9.84 Å². The van der Waals surface area contributed by atoms with E-state index in [1.54, 1.807) is 12.3 Å². The van der Waals surface area contributed by atoms with Crippen molar-refractivity contribution in [3.8, 4) is 0 Å². The molecule has 1 atom stereocenters. The van der Waals surface area contributed by atoms with E-state index in [1.165, 1.54) is 0 Å². The van der Waals surface area contributed by atoms with Gasteiger partial charge in [-0.2, -0.15) is 0 Å². The number of ether oxygens (including phenoxy) is 1. The Balaban J connectivity index is 1.72. The first-order chi connectivity index (χ1) is 9.63. The first kappa shape index (κ1) is 15.7. The normalized spacial score (nSPS) is 18.4. The monoisotopic (exact) mass is 299 g/mol. The molecule has 1 aromatic rings. The van der Waals surface area contributed by atoms with E-state index in [-0.39, 0.29) is 6.10 Å². The van der Waals surface area contributed by atoms with Gasteiger partial charge in [0.2, 0.25) is 0 Å². The van der Waals surface area contributed by atoms with Gasteiger partial charge in [0, 0.05) is 38.9 Å². The summed E-state index contributed by atoms with van der Waals surface area (Å²) in [6, 6.07) is 3.75. The van der Waals surface area contributed by atoms with Crippen LogP contribution in [0, 0.1) is 0 Å². The van der Waals surface area contributed by atoms with Gasteiger partial charge in [-0.25, -0.2) is 4.98 Å². The van der Waals surface area contributed by atoms with Crippen LogP contribution in [0.4, 0.5) is 0 Å². The Morgan fingerprint density at radius 1 is 1.45 bits per heavy atom. The minimum atomic E-state index is -0.349. The lowest BCUT2D eigenvalue weighted by Gasteiger charge is -2.30. The highest BCUT2D eigenvalue weighted by atomic mass is 35.5. The van der Waals surface area contributed by atoms with E-state index in [0.29, 0.717) is 18.2 Å². The maximum absolute atomic E-state index is 10.1. The third kappa shape index (κ3) is 5.34. The number of likely N-dealkylation sites (N-methyl/N-ethyl adjacent to an activating group) is 1. The third-order valence-corrected chi connectivity index (χ3v) is 3.56. The Morgan fingerprint density at radius 2 is 2.20 bits per heavy atom. The highest BCUT2D eigenvalue weighted by Gasteiger charge is 2.16. The first-order valence-electron chi connectivity index (χ1n) is 6.90. The number of aliphatic hydroxyl groups is 1. The van der Waals surface area contributed by atoms with Gasteiger partial charge in [0.05, 0.1) is 19.3 Å². The molecule has 1 aromatic heterocycles. The quantitative estimate of drug-likeness (QED) is 0.790. The topological polar surface area (TPSA) is 48.8 Å². The van der Waals surface area contributed by atoms with Crippen molar-refractivity contribution in [2.45, 2.75) is 12.6 Å². The number of morpholine rings is 1. The predicted octanol–water partition coefficient (Wildman–Crippen LogP) is 0.860. The van der Waals surface area contributed by atoms with Crippen molar-refractivity contribution in [3.63, 3.8) is 0 Å². The Morgan fingerprint density at radius 3 is 2.85 bits per heavy atom. The average molecular weight is 300 g/mol. The maximum Gasteiger partial charge on any atom is 0.129 e. The largest absolute Gasteiger partial charge is 0.390 e. The number of aliphatic hydroxyl groups excluding tert-OH is 1. The number of aromatic nitrogens is 1. The second kappa shape index (κ2) is 7.90. The SMILES string of the molecule is CN(Cc1ccc(Cl)nc1)CC(O)CN1CCOCC1. The van der Waals surface area contributed by atoms with Gasteiger partial charge in [-0.15, -0.1) is 0 Å². The zero-order valence-corrected chi connectivity index (χ0v) is 12.6. The molecule has 2 rings (SSSR count). The molecular weight excluding hydrogens is 278 g/mol. The van der Waals surface area contributed by atoms with Crippen LogP contribution in [0.2, 0.25) is 5.15 Å². The second-order valence-corrected chi connectivity index (χ2v) is 5.64. The summed E-state index contributed by atoms with van der Waals surface area (Å²) in [4.78, 5) is 8.39. The summed E-state index contributed by atoms with van der Waals surface area (Å²) in [5, 5.41) is 10.6. The summed E-state index contributed by atoms with van der Waals surface area (Å²) in [6.45, 7) is 5.43. The lowest BCUT2D eigenvalue weighted by Crippen LogP contribution is -2.43. The molecule has 20 heavy (non-hydrogen) atoms. The number of nitrogens with zero attached hydrogens (tertiary/aromatic N) is 3. The van der Waals surface area contributed by atoms with Crippen LogP contribution in [-0.4, -0.2) is 72.4 Å². The number of halogens is 1. The van der Waals surface area contributed by atoms with Crippen molar-refractivity contribution in [1.29, 1.82) is 0 Å². The molecule has 0 bridgehead atoms. The fourth-order valence-electron chi connectivity index (χ4n) is 2.38. The molecule has 0 amide bonds. The molecule has 0 saturated carbocycles.